The minimum absolute atomic E-state index is 0.0370. The minimum Gasteiger partial charge on any atom is -0.390 e. The summed E-state index contributed by atoms with van der Waals surface area (Å²) in [7, 11) is 0. The molecule has 0 amide bonds. The van der Waals surface area contributed by atoms with Crippen molar-refractivity contribution >= 4 is 0 Å². The van der Waals surface area contributed by atoms with Crippen molar-refractivity contribution in [1.82, 2.24) is 15.5 Å². The highest BCUT2D eigenvalue weighted by Crippen LogP contribution is 2.23. The van der Waals surface area contributed by atoms with E-state index in [0.717, 1.165) is 25.2 Å². The van der Waals surface area contributed by atoms with Crippen LogP contribution in [0.4, 0.5) is 0 Å². The van der Waals surface area contributed by atoms with Crippen LogP contribution in [-0.2, 0) is 6.61 Å². The van der Waals surface area contributed by atoms with Crippen LogP contribution >= 0.6 is 0 Å². The van der Waals surface area contributed by atoms with E-state index in [0.29, 0.717) is 5.92 Å². The second kappa shape index (κ2) is 3.25. The topological polar surface area (TPSA) is 60.9 Å². The van der Waals surface area contributed by atoms with Gasteiger partial charge in [0.05, 0.1) is 12.3 Å². The summed E-state index contributed by atoms with van der Waals surface area (Å²) in [5.41, 5.74) is 1.96. The summed E-state index contributed by atoms with van der Waals surface area (Å²) in [6, 6.07) is 0. The minimum atomic E-state index is 0.0370. The largest absolute Gasteiger partial charge is 0.390 e. The highest BCUT2D eigenvalue weighted by atomic mass is 16.3. The van der Waals surface area contributed by atoms with Gasteiger partial charge in [0.25, 0.3) is 0 Å². The van der Waals surface area contributed by atoms with Crippen LogP contribution in [0.5, 0.6) is 0 Å². The van der Waals surface area contributed by atoms with E-state index in [1.165, 1.54) is 5.56 Å². The summed E-state index contributed by atoms with van der Waals surface area (Å²) in [5, 5.41) is 19.0. The highest BCUT2D eigenvalue weighted by molar-refractivity contribution is 5.22. The van der Waals surface area contributed by atoms with Crippen molar-refractivity contribution in [3.63, 3.8) is 0 Å². The first-order valence-corrected chi connectivity index (χ1v) is 4.26. The number of aliphatic hydroxyl groups is 1. The van der Waals surface area contributed by atoms with Crippen LogP contribution < -0.4 is 5.32 Å². The summed E-state index contributed by atoms with van der Waals surface area (Å²) < 4.78 is 0. The van der Waals surface area contributed by atoms with E-state index >= 15 is 0 Å². The van der Waals surface area contributed by atoms with Crippen LogP contribution in [0, 0.1) is 0 Å². The Labute approximate surface area is 71.0 Å². The molecule has 1 aromatic rings. The molecule has 0 spiro atoms. The third-order valence-corrected chi connectivity index (χ3v) is 2.40. The van der Waals surface area contributed by atoms with Crippen LogP contribution in [0.25, 0.3) is 0 Å². The summed E-state index contributed by atoms with van der Waals surface area (Å²) in [4.78, 5) is 0. The van der Waals surface area contributed by atoms with Crippen LogP contribution in [-0.4, -0.2) is 28.4 Å². The Morgan fingerprint density at radius 3 is 3.25 bits per heavy atom. The summed E-state index contributed by atoms with van der Waals surface area (Å²) in [6.07, 6.45) is 3.04. The maximum absolute atomic E-state index is 8.96. The predicted octanol–water partition coefficient (Wildman–Crippen LogP) is -0.0211. The van der Waals surface area contributed by atoms with E-state index in [9.17, 15) is 0 Å². The molecule has 4 nitrogen and oxygen atoms in total. The Kier molecular flexibility index (Phi) is 2.10. The molecule has 4 heteroatoms. The van der Waals surface area contributed by atoms with Gasteiger partial charge in [0.1, 0.15) is 0 Å². The number of aromatic amines is 1. The van der Waals surface area contributed by atoms with Gasteiger partial charge in [-0.25, -0.2) is 0 Å². The number of rotatable bonds is 2. The fraction of sp³-hybridized carbons (Fsp3) is 0.625. The molecule has 0 aromatic carbocycles. The zero-order valence-electron chi connectivity index (χ0n) is 6.88. The molecule has 3 N–H and O–H groups in total. The Balaban J connectivity index is 2.19. The molecule has 1 atom stereocenters. The number of aromatic nitrogens is 2. The number of nitrogens with one attached hydrogen (secondary N) is 2. The average Bonchev–Trinajstić information content (AvgIpc) is 2.74. The lowest BCUT2D eigenvalue weighted by Gasteiger charge is -2.05. The lowest BCUT2D eigenvalue weighted by Crippen LogP contribution is -2.08. The van der Waals surface area contributed by atoms with Crippen molar-refractivity contribution in [2.24, 2.45) is 0 Å². The molecule has 0 bridgehead atoms. The molecule has 1 aliphatic rings. The summed E-state index contributed by atoms with van der Waals surface area (Å²) in [6.45, 7) is 2.11. The monoisotopic (exact) mass is 167 g/mol. The predicted molar refractivity (Wildman–Crippen MR) is 44.7 cm³/mol. The van der Waals surface area contributed by atoms with Gasteiger partial charge in [0.2, 0.25) is 0 Å². The van der Waals surface area contributed by atoms with E-state index in [1.54, 1.807) is 0 Å². The lowest BCUT2D eigenvalue weighted by molar-refractivity contribution is 0.275. The maximum atomic E-state index is 8.96. The number of H-pyrrole nitrogens is 1. The molecular weight excluding hydrogens is 154 g/mol. The normalized spacial score (nSPS) is 23.2. The molecule has 12 heavy (non-hydrogen) atoms. The van der Waals surface area contributed by atoms with Crippen LogP contribution in [0.2, 0.25) is 0 Å². The second-order valence-corrected chi connectivity index (χ2v) is 3.14. The molecule has 0 radical (unpaired) electrons. The van der Waals surface area contributed by atoms with Gasteiger partial charge < -0.3 is 10.4 Å². The molecule has 1 fully saturated rings. The third-order valence-electron chi connectivity index (χ3n) is 2.40. The average molecular weight is 167 g/mol. The Morgan fingerprint density at radius 2 is 2.58 bits per heavy atom. The van der Waals surface area contributed by atoms with E-state index in [4.69, 9.17) is 5.11 Å². The van der Waals surface area contributed by atoms with Crippen molar-refractivity contribution in [2.45, 2.75) is 18.9 Å². The first-order valence-electron chi connectivity index (χ1n) is 4.26. The molecule has 2 heterocycles. The van der Waals surface area contributed by atoms with Gasteiger partial charge in [-0.05, 0) is 18.5 Å². The zero-order chi connectivity index (χ0) is 8.39. The first-order chi connectivity index (χ1) is 5.92. The van der Waals surface area contributed by atoms with E-state index < -0.39 is 0 Å². The molecular formula is C8H13N3O. The summed E-state index contributed by atoms with van der Waals surface area (Å²) in [5.74, 6) is 0.533. The number of hydrogen-bond acceptors (Lipinski definition) is 3. The fourth-order valence-electron chi connectivity index (χ4n) is 1.73. The number of hydrogen-bond donors (Lipinski definition) is 3. The Morgan fingerprint density at radius 1 is 1.67 bits per heavy atom. The van der Waals surface area contributed by atoms with Crippen molar-refractivity contribution < 1.29 is 5.11 Å². The smallest absolute Gasteiger partial charge is 0.0911 e. The van der Waals surface area contributed by atoms with Gasteiger partial charge in [0.15, 0.2) is 0 Å². The second-order valence-electron chi connectivity index (χ2n) is 3.14. The quantitative estimate of drug-likeness (QED) is 0.580. The van der Waals surface area contributed by atoms with Crippen LogP contribution in [0.3, 0.4) is 0 Å². The van der Waals surface area contributed by atoms with E-state index in [-0.39, 0.29) is 6.61 Å². The van der Waals surface area contributed by atoms with Gasteiger partial charge in [-0.15, -0.1) is 0 Å². The van der Waals surface area contributed by atoms with Crippen LogP contribution in [0.1, 0.15) is 23.6 Å². The Bertz CT molecular complexity index is 253. The van der Waals surface area contributed by atoms with Gasteiger partial charge >= 0.3 is 0 Å². The molecule has 66 valence electrons. The van der Waals surface area contributed by atoms with Crippen molar-refractivity contribution in [3.8, 4) is 0 Å². The highest BCUT2D eigenvalue weighted by Gasteiger charge is 2.20. The lowest BCUT2D eigenvalue weighted by atomic mass is 9.99. The number of nitrogens with zero attached hydrogens (tertiary/aromatic N) is 1. The molecule has 0 aliphatic carbocycles. The molecule has 1 saturated heterocycles. The van der Waals surface area contributed by atoms with E-state index in [1.807, 2.05) is 6.20 Å². The maximum Gasteiger partial charge on any atom is 0.0911 e. The van der Waals surface area contributed by atoms with Gasteiger partial charge in [-0.2, -0.15) is 5.10 Å². The summed E-state index contributed by atoms with van der Waals surface area (Å²) >= 11 is 0. The van der Waals surface area contributed by atoms with Crippen molar-refractivity contribution in [3.05, 3.63) is 17.5 Å². The first kappa shape index (κ1) is 7.76. The van der Waals surface area contributed by atoms with Crippen molar-refractivity contribution in [1.29, 1.82) is 0 Å². The van der Waals surface area contributed by atoms with Gasteiger partial charge in [-0.3, -0.25) is 5.10 Å². The third kappa shape index (κ3) is 1.23. The Hall–Kier alpha value is -0.870. The zero-order valence-corrected chi connectivity index (χ0v) is 6.88. The van der Waals surface area contributed by atoms with Crippen LogP contribution in [0.15, 0.2) is 6.20 Å². The van der Waals surface area contributed by atoms with Gasteiger partial charge in [-0.1, -0.05) is 0 Å². The fourth-order valence-corrected chi connectivity index (χ4v) is 1.73. The number of aliphatic hydroxyl groups excluding tert-OH is 1. The van der Waals surface area contributed by atoms with E-state index in [2.05, 4.69) is 15.5 Å². The molecule has 1 unspecified atom stereocenters. The SMILES string of the molecule is OCc1n[nH]cc1C1CCNC1. The van der Waals surface area contributed by atoms with Gasteiger partial charge in [0, 0.05) is 18.7 Å². The standard InChI is InChI=1S/C8H13N3O/c12-5-8-7(4-10-11-8)6-1-2-9-3-6/h4,6,9,12H,1-3,5H2,(H,10,11). The molecule has 1 aromatic heterocycles. The molecule has 2 rings (SSSR count). The van der Waals surface area contributed by atoms with Crippen molar-refractivity contribution in [2.75, 3.05) is 13.1 Å². The molecule has 1 aliphatic heterocycles. The molecule has 0 saturated carbocycles.